The Balaban J connectivity index is 2.02. The van der Waals surface area contributed by atoms with Crippen molar-refractivity contribution in [3.63, 3.8) is 0 Å². The Morgan fingerprint density at radius 1 is 1.32 bits per heavy atom. The standard InChI is InChI=1S/C15H16N2O2/c1-11-3-5-12(6-4-11)8-16-15(19)14-7-13(10-18)9-17(14)2/h3-7,9-10H,8H2,1-2H3,(H,16,19). The molecule has 0 atom stereocenters. The third-order valence-corrected chi connectivity index (χ3v) is 2.97. The van der Waals surface area contributed by atoms with Crippen molar-refractivity contribution in [3.8, 4) is 0 Å². The van der Waals surface area contributed by atoms with Crippen molar-refractivity contribution in [1.29, 1.82) is 0 Å². The summed E-state index contributed by atoms with van der Waals surface area (Å²) in [5.74, 6) is -0.184. The van der Waals surface area contributed by atoms with E-state index in [0.29, 0.717) is 17.8 Å². The van der Waals surface area contributed by atoms with Crippen molar-refractivity contribution in [1.82, 2.24) is 9.88 Å². The summed E-state index contributed by atoms with van der Waals surface area (Å²) >= 11 is 0. The zero-order valence-electron chi connectivity index (χ0n) is 11.0. The van der Waals surface area contributed by atoms with Gasteiger partial charge in [-0.25, -0.2) is 0 Å². The average molecular weight is 256 g/mol. The van der Waals surface area contributed by atoms with Crippen LogP contribution in [0, 0.1) is 6.92 Å². The van der Waals surface area contributed by atoms with Crippen molar-refractivity contribution in [2.24, 2.45) is 7.05 Å². The highest BCUT2D eigenvalue weighted by molar-refractivity contribution is 5.94. The Hall–Kier alpha value is -2.36. The van der Waals surface area contributed by atoms with Crippen LogP contribution >= 0.6 is 0 Å². The lowest BCUT2D eigenvalue weighted by molar-refractivity contribution is 0.0942. The molecular weight excluding hydrogens is 240 g/mol. The molecule has 0 aliphatic carbocycles. The van der Waals surface area contributed by atoms with Gasteiger partial charge in [-0.2, -0.15) is 0 Å². The van der Waals surface area contributed by atoms with Crippen LogP contribution in [0.2, 0.25) is 0 Å². The normalized spacial score (nSPS) is 10.2. The lowest BCUT2D eigenvalue weighted by Gasteiger charge is -2.06. The molecule has 0 saturated carbocycles. The number of hydrogen-bond donors (Lipinski definition) is 1. The second kappa shape index (κ2) is 5.52. The molecule has 0 spiro atoms. The van der Waals surface area contributed by atoms with E-state index in [1.165, 1.54) is 5.56 Å². The number of amides is 1. The van der Waals surface area contributed by atoms with Gasteiger partial charge in [0.2, 0.25) is 0 Å². The molecule has 0 aliphatic heterocycles. The molecule has 0 radical (unpaired) electrons. The van der Waals surface area contributed by atoms with Crippen LogP contribution in [-0.4, -0.2) is 16.8 Å². The van der Waals surface area contributed by atoms with Crippen LogP contribution in [0.1, 0.15) is 32.0 Å². The maximum absolute atomic E-state index is 12.0. The van der Waals surface area contributed by atoms with E-state index in [-0.39, 0.29) is 5.91 Å². The number of nitrogens with zero attached hydrogens (tertiary/aromatic N) is 1. The van der Waals surface area contributed by atoms with Crippen LogP contribution in [0.4, 0.5) is 0 Å². The first-order valence-electron chi connectivity index (χ1n) is 6.05. The van der Waals surface area contributed by atoms with Crippen LogP contribution in [0.15, 0.2) is 36.5 Å². The first kappa shape index (κ1) is 13.1. The Morgan fingerprint density at radius 3 is 2.58 bits per heavy atom. The fourth-order valence-corrected chi connectivity index (χ4v) is 1.86. The van der Waals surface area contributed by atoms with Gasteiger partial charge in [0.05, 0.1) is 0 Å². The third-order valence-electron chi connectivity index (χ3n) is 2.97. The second-order valence-electron chi connectivity index (χ2n) is 4.56. The number of carbonyl (C=O) groups excluding carboxylic acids is 2. The van der Waals surface area contributed by atoms with E-state index >= 15 is 0 Å². The summed E-state index contributed by atoms with van der Waals surface area (Å²) in [6.45, 7) is 2.49. The first-order valence-corrected chi connectivity index (χ1v) is 6.05. The molecule has 4 nitrogen and oxygen atoms in total. The number of aldehydes is 1. The molecule has 1 aromatic carbocycles. The van der Waals surface area contributed by atoms with Gasteiger partial charge in [0.15, 0.2) is 6.29 Å². The Labute approximate surface area is 112 Å². The van der Waals surface area contributed by atoms with Crippen LogP contribution in [0.25, 0.3) is 0 Å². The zero-order chi connectivity index (χ0) is 13.8. The fourth-order valence-electron chi connectivity index (χ4n) is 1.86. The second-order valence-corrected chi connectivity index (χ2v) is 4.56. The molecule has 1 aromatic heterocycles. The number of hydrogen-bond acceptors (Lipinski definition) is 2. The molecule has 98 valence electrons. The molecule has 1 heterocycles. The first-order chi connectivity index (χ1) is 9.10. The zero-order valence-corrected chi connectivity index (χ0v) is 11.0. The van der Waals surface area contributed by atoms with Gasteiger partial charge in [-0.05, 0) is 18.6 Å². The maximum atomic E-state index is 12.0. The Kier molecular flexibility index (Phi) is 3.80. The molecule has 1 amide bonds. The minimum absolute atomic E-state index is 0.184. The number of aromatic nitrogens is 1. The summed E-state index contributed by atoms with van der Waals surface area (Å²) in [4.78, 5) is 22.6. The molecule has 0 unspecified atom stereocenters. The van der Waals surface area contributed by atoms with E-state index in [2.05, 4.69) is 5.32 Å². The van der Waals surface area contributed by atoms with Gasteiger partial charge >= 0.3 is 0 Å². The monoisotopic (exact) mass is 256 g/mol. The highest BCUT2D eigenvalue weighted by Crippen LogP contribution is 2.06. The van der Waals surface area contributed by atoms with Gasteiger partial charge in [0, 0.05) is 25.4 Å². The highest BCUT2D eigenvalue weighted by Gasteiger charge is 2.11. The van der Waals surface area contributed by atoms with Crippen molar-refractivity contribution >= 4 is 12.2 Å². The predicted octanol–water partition coefficient (Wildman–Crippen LogP) is 2.08. The maximum Gasteiger partial charge on any atom is 0.268 e. The Bertz CT molecular complexity index is 597. The number of carbonyl (C=O) groups is 2. The van der Waals surface area contributed by atoms with Gasteiger partial charge in [-0.15, -0.1) is 0 Å². The van der Waals surface area contributed by atoms with Crippen LogP contribution < -0.4 is 5.32 Å². The molecule has 19 heavy (non-hydrogen) atoms. The van der Waals surface area contributed by atoms with E-state index in [9.17, 15) is 9.59 Å². The number of benzene rings is 1. The number of nitrogens with one attached hydrogen (secondary N) is 1. The van der Waals surface area contributed by atoms with E-state index in [0.717, 1.165) is 11.8 Å². The van der Waals surface area contributed by atoms with E-state index < -0.39 is 0 Å². The van der Waals surface area contributed by atoms with Crippen molar-refractivity contribution in [2.45, 2.75) is 13.5 Å². The molecule has 1 N–H and O–H groups in total. The molecule has 0 aliphatic rings. The molecular formula is C15H16N2O2. The van der Waals surface area contributed by atoms with Crippen molar-refractivity contribution in [2.75, 3.05) is 0 Å². The third kappa shape index (κ3) is 3.10. The molecule has 2 aromatic rings. The largest absolute Gasteiger partial charge is 0.347 e. The van der Waals surface area contributed by atoms with Gasteiger partial charge in [0.25, 0.3) is 5.91 Å². The summed E-state index contributed by atoms with van der Waals surface area (Å²) in [6, 6.07) is 9.56. The lowest BCUT2D eigenvalue weighted by atomic mass is 10.1. The quantitative estimate of drug-likeness (QED) is 0.851. The SMILES string of the molecule is Cc1ccc(CNC(=O)c2cc(C=O)cn2C)cc1. The van der Waals surface area contributed by atoms with Crippen LogP contribution in [-0.2, 0) is 13.6 Å². The van der Waals surface area contributed by atoms with E-state index in [4.69, 9.17) is 0 Å². The molecule has 4 heteroatoms. The van der Waals surface area contributed by atoms with Gasteiger partial charge in [-0.3, -0.25) is 9.59 Å². The average Bonchev–Trinajstić information content (AvgIpc) is 2.79. The van der Waals surface area contributed by atoms with E-state index in [1.54, 1.807) is 23.9 Å². The minimum atomic E-state index is -0.184. The van der Waals surface area contributed by atoms with Gasteiger partial charge in [-0.1, -0.05) is 29.8 Å². The summed E-state index contributed by atoms with van der Waals surface area (Å²) < 4.78 is 1.65. The van der Waals surface area contributed by atoms with Crippen molar-refractivity contribution in [3.05, 3.63) is 58.9 Å². The fraction of sp³-hybridized carbons (Fsp3) is 0.200. The molecule has 0 fully saturated rings. The molecule has 2 rings (SSSR count). The van der Waals surface area contributed by atoms with Crippen LogP contribution in [0.5, 0.6) is 0 Å². The topological polar surface area (TPSA) is 51.1 Å². The number of aryl methyl sites for hydroxylation is 2. The summed E-state index contributed by atoms with van der Waals surface area (Å²) in [5, 5.41) is 2.84. The molecule has 0 saturated heterocycles. The van der Waals surface area contributed by atoms with Gasteiger partial charge < -0.3 is 9.88 Å². The van der Waals surface area contributed by atoms with E-state index in [1.807, 2.05) is 31.2 Å². The molecule has 0 bridgehead atoms. The minimum Gasteiger partial charge on any atom is -0.347 e. The summed E-state index contributed by atoms with van der Waals surface area (Å²) in [7, 11) is 1.74. The highest BCUT2D eigenvalue weighted by atomic mass is 16.2. The summed E-state index contributed by atoms with van der Waals surface area (Å²) in [5.41, 5.74) is 3.22. The summed E-state index contributed by atoms with van der Waals surface area (Å²) in [6.07, 6.45) is 2.37. The van der Waals surface area contributed by atoms with Crippen molar-refractivity contribution < 1.29 is 9.59 Å². The Morgan fingerprint density at radius 2 is 2.00 bits per heavy atom. The predicted molar refractivity (Wildman–Crippen MR) is 73.1 cm³/mol. The van der Waals surface area contributed by atoms with Gasteiger partial charge in [0.1, 0.15) is 5.69 Å². The lowest BCUT2D eigenvalue weighted by Crippen LogP contribution is -2.24. The number of rotatable bonds is 4. The van der Waals surface area contributed by atoms with Crippen LogP contribution in [0.3, 0.4) is 0 Å². The smallest absolute Gasteiger partial charge is 0.268 e.